The molecule has 4 rings (SSSR count). The number of hydrogen-bond acceptors (Lipinski definition) is 4. The fourth-order valence-electron chi connectivity index (χ4n) is 3.06. The molecule has 146 valence electrons. The van der Waals surface area contributed by atoms with Crippen LogP contribution >= 0.6 is 0 Å². The van der Waals surface area contributed by atoms with E-state index in [-0.39, 0.29) is 17.5 Å². The smallest absolute Gasteiger partial charge is 0.290 e. The number of furan rings is 1. The summed E-state index contributed by atoms with van der Waals surface area (Å²) in [6, 6.07) is 13.4. The third kappa shape index (κ3) is 4.57. The van der Waals surface area contributed by atoms with Crippen LogP contribution in [0.25, 0.3) is 0 Å². The van der Waals surface area contributed by atoms with Crippen LogP contribution in [0, 0.1) is 5.82 Å². The molecule has 1 amide bonds. The summed E-state index contributed by atoms with van der Waals surface area (Å²) in [6.07, 6.45) is 8.44. The number of imidazole rings is 1. The molecule has 0 saturated carbocycles. The van der Waals surface area contributed by atoms with E-state index >= 15 is 0 Å². The maximum Gasteiger partial charge on any atom is 0.290 e. The Labute approximate surface area is 167 Å². The predicted molar refractivity (Wildman–Crippen MR) is 104 cm³/mol. The van der Waals surface area contributed by atoms with Crippen molar-refractivity contribution in [3.05, 3.63) is 108 Å². The van der Waals surface area contributed by atoms with Crippen molar-refractivity contribution in [1.82, 2.24) is 19.4 Å². The molecular weight excluding hydrogens is 371 g/mol. The number of aromatic nitrogens is 3. The van der Waals surface area contributed by atoms with Crippen LogP contribution in [0.2, 0.25) is 0 Å². The van der Waals surface area contributed by atoms with Gasteiger partial charge in [0.15, 0.2) is 5.76 Å². The molecule has 0 spiro atoms. The van der Waals surface area contributed by atoms with Crippen molar-refractivity contribution in [1.29, 1.82) is 0 Å². The van der Waals surface area contributed by atoms with Crippen molar-refractivity contribution < 1.29 is 13.6 Å². The Balaban J connectivity index is 1.57. The zero-order valence-corrected chi connectivity index (χ0v) is 15.6. The topological polar surface area (TPSA) is 64.2 Å². The highest BCUT2D eigenvalue weighted by molar-refractivity contribution is 5.91. The van der Waals surface area contributed by atoms with Gasteiger partial charge in [0.05, 0.1) is 12.8 Å². The Kier molecular flexibility index (Phi) is 5.47. The maximum absolute atomic E-state index is 13.2. The van der Waals surface area contributed by atoms with Gasteiger partial charge in [-0.3, -0.25) is 9.78 Å². The van der Waals surface area contributed by atoms with E-state index in [1.165, 1.54) is 18.4 Å². The van der Waals surface area contributed by atoms with Crippen LogP contribution < -0.4 is 0 Å². The first-order valence-corrected chi connectivity index (χ1v) is 9.15. The number of halogens is 1. The van der Waals surface area contributed by atoms with Gasteiger partial charge in [-0.1, -0.05) is 18.2 Å². The van der Waals surface area contributed by atoms with Crippen LogP contribution in [-0.2, 0) is 19.6 Å². The highest BCUT2D eigenvalue weighted by Crippen LogP contribution is 2.15. The Morgan fingerprint density at radius 1 is 1.03 bits per heavy atom. The molecule has 0 N–H and O–H groups in total. The standard InChI is InChI=1S/C22H19FN4O2/c23-19-7-5-17(6-8-19)14-26-11-10-25-21(26)16-27(15-18-3-1-9-24-13-18)22(28)20-4-2-12-29-20/h1-13H,14-16H2. The number of carbonyl (C=O) groups excluding carboxylic acids is 1. The minimum atomic E-state index is -0.272. The highest BCUT2D eigenvalue weighted by Gasteiger charge is 2.21. The predicted octanol–water partition coefficient (Wildman–Crippen LogP) is 3.90. The Morgan fingerprint density at radius 2 is 1.90 bits per heavy atom. The quantitative estimate of drug-likeness (QED) is 0.480. The molecule has 3 aromatic heterocycles. The van der Waals surface area contributed by atoms with E-state index in [2.05, 4.69) is 9.97 Å². The van der Waals surface area contributed by atoms with Crippen molar-refractivity contribution in [3.8, 4) is 0 Å². The molecule has 6 nitrogen and oxygen atoms in total. The number of nitrogens with zero attached hydrogens (tertiary/aromatic N) is 4. The number of amides is 1. The normalized spacial score (nSPS) is 10.8. The lowest BCUT2D eigenvalue weighted by molar-refractivity contribution is 0.0691. The summed E-state index contributed by atoms with van der Waals surface area (Å²) in [6.45, 7) is 1.20. The number of hydrogen-bond donors (Lipinski definition) is 0. The number of carbonyl (C=O) groups is 1. The molecule has 0 atom stereocenters. The van der Waals surface area contributed by atoms with Crippen molar-refractivity contribution >= 4 is 5.91 Å². The zero-order chi connectivity index (χ0) is 20.1. The summed E-state index contributed by atoms with van der Waals surface area (Å²) in [7, 11) is 0. The van der Waals surface area contributed by atoms with Gasteiger partial charge in [-0.25, -0.2) is 9.37 Å². The molecule has 0 aliphatic carbocycles. The van der Waals surface area contributed by atoms with Crippen molar-refractivity contribution in [2.45, 2.75) is 19.6 Å². The molecule has 0 unspecified atom stereocenters. The van der Waals surface area contributed by atoms with E-state index in [0.29, 0.717) is 19.6 Å². The largest absolute Gasteiger partial charge is 0.459 e. The molecule has 7 heteroatoms. The maximum atomic E-state index is 13.2. The SMILES string of the molecule is O=C(c1ccco1)N(Cc1cccnc1)Cc1nccn1Cc1ccc(F)cc1. The second-order valence-corrected chi connectivity index (χ2v) is 6.60. The van der Waals surface area contributed by atoms with Crippen LogP contribution in [0.15, 0.2) is 84.0 Å². The molecular formula is C22H19FN4O2. The van der Waals surface area contributed by atoms with Gasteiger partial charge in [0.2, 0.25) is 0 Å². The fourth-order valence-corrected chi connectivity index (χ4v) is 3.06. The van der Waals surface area contributed by atoms with Crippen LogP contribution in [0.5, 0.6) is 0 Å². The van der Waals surface area contributed by atoms with Crippen molar-refractivity contribution in [3.63, 3.8) is 0 Å². The van der Waals surface area contributed by atoms with E-state index in [0.717, 1.165) is 17.0 Å². The Bertz CT molecular complexity index is 1060. The molecule has 0 saturated heterocycles. The van der Waals surface area contributed by atoms with Crippen LogP contribution in [0.4, 0.5) is 4.39 Å². The molecule has 0 bridgehead atoms. The van der Waals surface area contributed by atoms with Crippen molar-refractivity contribution in [2.24, 2.45) is 0 Å². The monoisotopic (exact) mass is 390 g/mol. The van der Waals surface area contributed by atoms with Gasteiger partial charge >= 0.3 is 0 Å². The lowest BCUT2D eigenvalue weighted by Gasteiger charge is -2.22. The minimum absolute atomic E-state index is 0.227. The summed E-state index contributed by atoms with van der Waals surface area (Å²) < 4.78 is 20.4. The van der Waals surface area contributed by atoms with E-state index in [1.807, 2.05) is 22.9 Å². The zero-order valence-electron chi connectivity index (χ0n) is 15.6. The van der Waals surface area contributed by atoms with Gasteiger partial charge in [-0.05, 0) is 41.5 Å². The third-order valence-electron chi connectivity index (χ3n) is 4.52. The van der Waals surface area contributed by atoms with E-state index in [4.69, 9.17) is 4.42 Å². The summed E-state index contributed by atoms with van der Waals surface area (Å²) in [5, 5.41) is 0. The Hall–Kier alpha value is -3.74. The lowest BCUT2D eigenvalue weighted by atomic mass is 10.2. The molecule has 0 aliphatic rings. The second-order valence-electron chi connectivity index (χ2n) is 6.60. The van der Waals surface area contributed by atoms with E-state index in [9.17, 15) is 9.18 Å². The molecule has 0 radical (unpaired) electrons. The van der Waals surface area contributed by atoms with Crippen LogP contribution in [0.3, 0.4) is 0 Å². The Morgan fingerprint density at radius 3 is 2.62 bits per heavy atom. The van der Waals surface area contributed by atoms with Gasteiger partial charge < -0.3 is 13.9 Å². The molecule has 4 aromatic rings. The molecule has 3 heterocycles. The molecule has 0 aliphatic heterocycles. The lowest BCUT2D eigenvalue weighted by Crippen LogP contribution is -2.31. The first kappa shape index (κ1) is 18.6. The average Bonchev–Trinajstić information content (AvgIpc) is 3.42. The van der Waals surface area contributed by atoms with Gasteiger partial charge in [-0.2, -0.15) is 0 Å². The third-order valence-corrected chi connectivity index (χ3v) is 4.52. The van der Waals surface area contributed by atoms with Gasteiger partial charge in [0, 0.05) is 37.9 Å². The molecule has 0 fully saturated rings. The summed E-state index contributed by atoms with van der Waals surface area (Å²) in [5.41, 5.74) is 1.85. The summed E-state index contributed by atoms with van der Waals surface area (Å²) >= 11 is 0. The van der Waals surface area contributed by atoms with Gasteiger partial charge in [-0.15, -0.1) is 0 Å². The first-order valence-electron chi connectivity index (χ1n) is 9.15. The summed E-state index contributed by atoms with van der Waals surface area (Å²) in [4.78, 5) is 23.2. The number of pyridine rings is 1. The average molecular weight is 390 g/mol. The van der Waals surface area contributed by atoms with E-state index in [1.54, 1.807) is 47.8 Å². The van der Waals surface area contributed by atoms with E-state index < -0.39 is 0 Å². The van der Waals surface area contributed by atoms with Crippen LogP contribution in [0.1, 0.15) is 27.5 Å². The fraction of sp³-hybridized carbons (Fsp3) is 0.136. The second kappa shape index (κ2) is 8.52. The molecule has 29 heavy (non-hydrogen) atoms. The first-order chi connectivity index (χ1) is 14.2. The number of benzene rings is 1. The van der Waals surface area contributed by atoms with Crippen molar-refractivity contribution in [2.75, 3.05) is 0 Å². The molecule has 1 aromatic carbocycles. The van der Waals surface area contributed by atoms with Gasteiger partial charge in [0.1, 0.15) is 11.6 Å². The minimum Gasteiger partial charge on any atom is -0.459 e. The highest BCUT2D eigenvalue weighted by atomic mass is 19.1. The summed E-state index contributed by atoms with van der Waals surface area (Å²) in [5.74, 6) is 0.491. The number of rotatable bonds is 7. The van der Waals surface area contributed by atoms with Crippen LogP contribution in [-0.4, -0.2) is 25.3 Å². The van der Waals surface area contributed by atoms with Gasteiger partial charge in [0.25, 0.3) is 5.91 Å².